The van der Waals surface area contributed by atoms with Crippen molar-refractivity contribution in [3.63, 3.8) is 0 Å². The summed E-state index contributed by atoms with van der Waals surface area (Å²) in [6.07, 6.45) is 8.32. The number of aliphatic imine (C=N–C) groups is 1. The molecule has 2 fully saturated rings. The first kappa shape index (κ1) is 25.0. The molecule has 1 saturated carbocycles. The Morgan fingerprint density at radius 2 is 2.06 bits per heavy atom. The minimum atomic E-state index is -0.620. The predicted octanol–water partition coefficient (Wildman–Crippen LogP) is 5.76. The second-order valence-corrected chi connectivity index (χ2v) is 10.7. The molecule has 1 aliphatic carbocycles. The van der Waals surface area contributed by atoms with Gasteiger partial charge in [0.15, 0.2) is 5.78 Å². The molecule has 1 aliphatic heterocycles. The van der Waals surface area contributed by atoms with Crippen molar-refractivity contribution in [2.75, 3.05) is 20.1 Å². The number of carbonyl (C=O) groups excluding carboxylic acids is 2. The van der Waals surface area contributed by atoms with Crippen LogP contribution in [-0.4, -0.2) is 47.5 Å². The van der Waals surface area contributed by atoms with E-state index >= 15 is 0 Å². The van der Waals surface area contributed by atoms with Gasteiger partial charge >= 0.3 is 0 Å². The number of Topliss-reactive ketones (excluding diaryl/α,β-unsaturated/α-hetero) is 1. The van der Waals surface area contributed by atoms with Gasteiger partial charge in [0.1, 0.15) is 17.3 Å². The fourth-order valence-corrected chi connectivity index (χ4v) is 6.11. The summed E-state index contributed by atoms with van der Waals surface area (Å²) in [5.41, 5.74) is 1.35. The summed E-state index contributed by atoms with van der Waals surface area (Å²) in [5, 5.41) is 0.491. The monoisotopic (exact) mass is 492 g/mol. The third kappa shape index (κ3) is 6.67. The number of ketones is 1. The van der Waals surface area contributed by atoms with Crippen molar-refractivity contribution in [2.24, 2.45) is 10.9 Å². The Labute approximate surface area is 201 Å². The molecule has 8 heteroatoms. The van der Waals surface area contributed by atoms with Gasteiger partial charge in [-0.15, -0.1) is 0 Å². The highest BCUT2D eigenvalue weighted by molar-refractivity contribution is 8.78. The molecule has 4 nitrogen and oxygen atoms in total. The van der Waals surface area contributed by atoms with E-state index in [-0.39, 0.29) is 22.8 Å². The van der Waals surface area contributed by atoms with E-state index in [1.807, 2.05) is 4.90 Å². The molecule has 2 unspecified atom stereocenters. The molecule has 0 aromatic heterocycles. The van der Waals surface area contributed by atoms with Gasteiger partial charge in [-0.05, 0) is 49.1 Å². The molecule has 1 aromatic rings. The normalized spacial score (nSPS) is 22.3. The zero-order chi connectivity index (χ0) is 23.1. The largest absolute Gasteiger partial charge is 0.299 e. The Bertz CT molecular complexity index is 959. The maximum atomic E-state index is 14.6. The number of likely N-dealkylation sites (tertiary alicyclic amines) is 1. The Morgan fingerprint density at radius 1 is 1.31 bits per heavy atom. The Morgan fingerprint density at radius 3 is 2.72 bits per heavy atom. The number of nitrogens with zero attached hydrogens (tertiary/aromatic N) is 2. The summed E-state index contributed by atoms with van der Waals surface area (Å²) in [6, 6.07) is 5.88. The van der Waals surface area contributed by atoms with E-state index in [4.69, 9.17) is 11.6 Å². The van der Waals surface area contributed by atoms with E-state index in [1.54, 1.807) is 54.3 Å². The van der Waals surface area contributed by atoms with E-state index in [0.29, 0.717) is 23.8 Å². The lowest BCUT2D eigenvalue weighted by Crippen LogP contribution is -2.43. The number of hydrogen-bond donors (Lipinski definition) is 0. The van der Waals surface area contributed by atoms with Gasteiger partial charge in [-0.3, -0.25) is 19.5 Å². The van der Waals surface area contributed by atoms with E-state index in [0.717, 1.165) is 36.0 Å². The van der Waals surface area contributed by atoms with Crippen LogP contribution in [0.3, 0.4) is 0 Å². The molecule has 2 aliphatic rings. The lowest BCUT2D eigenvalue weighted by Gasteiger charge is -2.38. The molecule has 0 N–H and O–H groups in total. The van der Waals surface area contributed by atoms with Crippen molar-refractivity contribution in [1.29, 1.82) is 0 Å². The minimum absolute atomic E-state index is 0.00866. The maximum Gasteiger partial charge on any atom is 0.157 e. The van der Waals surface area contributed by atoms with Crippen LogP contribution in [0.1, 0.15) is 30.9 Å². The highest BCUT2D eigenvalue weighted by Gasteiger charge is 2.41. The number of rotatable bonds is 10. The van der Waals surface area contributed by atoms with Gasteiger partial charge in [0, 0.05) is 41.8 Å². The number of carbonyl (C=O) groups is 2. The van der Waals surface area contributed by atoms with Crippen LogP contribution in [0.25, 0.3) is 0 Å². The lowest BCUT2D eigenvalue weighted by molar-refractivity contribution is -0.126. The SMILES string of the molecule is C=C(/C=C\C(Cl)=NC)SSC1CCN(C(C(=O)C2CC2)c2ccccc2F)C/C1=C/C=O. The van der Waals surface area contributed by atoms with Crippen molar-refractivity contribution in [2.45, 2.75) is 30.6 Å². The smallest absolute Gasteiger partial charge is 0.157 e. The molecule has 1 heterocycles. The first-order chi connectivity index (χ1) is 15.4. The highest BCUT2D eigenvalue weighted by Crippen LogP contribution is 2.43. The van der Waals surface area contributed by atoms with Crippen LogP contribution < -0.4 is 0 Å². The fourth-order valence-electron chi connectivity index (χ4n) is 3.66. The van der Waals surface area contributed by atoms with Crippen LogP contribution in [0, 0.1) is 11.7 Å². The van der Waals surface area contributed by atoms with Crippen LogP contribution in [0.15, 0.2) is 64.5 Å². The molecule has 0 radical (unpaired) electrons. The Kier molecular flexibility index (Phi) is 9.34. The number of piperidine rings is 1. The molecular formula is C24H26ClFN2O2S2. The number of allylic oxidation sites excluding steroid dienone is 3. The molecule has 170 valence electrons. The number of halogens is 2. The van der Waals surface area contributed by atoms with Gasteiger partial charge in [-0.25, -0.2) is 4.39 Å². The van der Waals surface area contributed by atoms with E-state index in [9.17, 15) is 14.0 Å². The summed E-state index contributed by atoms with van der Waals surface area (Å²) >= 11 is 5.88. The quantitative estimate of drug-likeness (QED) is 0.136. The van der Waals surface area contributed by atoms with Crippen molar-refractivity contribution in [3.05, 3.63) is 70.9 Å². The van der Waals surface area contributed by atoms with Gasteiger partial charge in [0.05, 0.1) is 6.04 Å². The zero-order valence-corrected chi connectivity index (χ0v) is 20.3. The summed E-state index contributed by atoms with van der Waals surface area (Å²) in [4.78, 5) is 31.1. The van der Waals surface area contributed by atoms with Gasteiger partial charge in [0.2, 0.25) is 0 Å². The Balaban J connectivity index is 1.72. The molecule has 32 heavy (non-hydrogen) atoms. The summed E-state index contributed by atoms with van der Waals surface area (Å²) in [6.45, 7) is 5.11. The van der Waals surface area contributed by atoms with Gasteiger partial charge in [-0.1, -0.05) is 58.0 Å². The fraction of sp³-hybridized carbons (Fsp3) is 0.375. The number of hydrogen-bond acceptors (Lipinski definition) is 6. The standard InChI is InChI=1S/C24H26ClFN2O2S2/c1-16(7-10-22(25)27-2)31-32-21-11-13-28(15-18(21)12-14-29)23(24(30)17-8-9-17)19-5-3-4-6-20(19)26/h3-7,10,12,14,17,21,23H,1,8-9,11,13,15H2,2H3/b10-7-,18-12-,27-22?. The molecule has 0 spiro atoms. The molecule has 1 aromatic carbocycles. The molecule has 1 saturated heterocycles. The lowest BCUT2D eigenvalue weighted by atomic mass is 9.93. The second kappa shape index (κ2) is 12.0. The molecule has 3 rings (SSSR count). The van der Waals surface area contributed by atoms with E-state index in [1.165, 1.54) is 16.9 Å². The van der Waals surface area contributed by atoms with Crippen molar-refractivity contribution >= 4 is 50.4 Å². The van der Waals surface area contributed by atoms with Crippen LogP contribution in [0.2, 0.25) is 0 Å². The summed E-state index contributed by atoms with van der Waals surface area (Å²) in [7, 11) is 4.75. The van der Waals surface area contributed by atoms with Crippen molar-refractivity contribution in [3.8, 4) is 0 Å². The first-order valence-corrected chi connectivity index (χ1v) is 13.0. The topological polar surface area (TPSA) is 49.7 Å². The van der Waals surface area contributed by atoms with Gasteiger partial charge < -0.3 is 0 Å². The highest BCUT2D eigenvalue weighted by atomic mass is 35.5. The zero-order valence-electron chi connectivity index (χ0n) is 17.9. The van der Waals surface area contributed by atoms with Gasteiger partial charge in [0.25, 0.3) is 0 Å². The first-order valence-electron chi connectivity index (χ1n) is 10.4. The molecule has 0 amide bonds. The average Bonchev–Trinajstić information content (AvgIpc) is 3.64. The van der Waals surface area contributed by atoms with E-state index in [2.05, 4.69) is 11.6 Å². The summed E-state index contributed by atoms with van der Waals surface area (Å²) in [5.74, 6) is -0.278. The number of aldehydes is 1. The maximum absolute atomic E-state index is 14.6. The van der Waals surface area contributed by atoms with Crippen LogP contribution >= 0.6 is 33.2 Å². The average molecular weight is 493 g/mol. The predicted molar refractivity (Wildman–Crippen MR) is 134 cm³/mol. The van der Waals surface area contributed by atoms with Gasteiger partial charge in [-0.2, -0.15) is 0 Å². The Hall–Kier alpha value is -1.67. The third-order valence-electron chi connectivity index (χ3n) is 5.47. The van der Waals surface area contributed by atoms with E-state index < -0.39 is 6.04 Å². The second-order valence-electron chi connectivity index (χ2n) is 7.75. The third-order valence-corrected chi connectivity index (χ3v) is 8.61. The minimum Gasteiger partial charge on any atom is -0.299 e. The number of benzene rings is 1. The molecule has 0 bridgehead atoms. The summed E-state index contributed by atoms with van der Waals surface area (Å²) < 4.78 is 14.6. The van der Waals surface area contributed by atoms with Crippen molar-refractivity contribution in [1.82, 2.24) is 4.90 Å². The van der Waals surface area contributed by atoms with Crippen LogP contribution in [0.5, 0.6) is 0 Å². The van der Waals surface area contributed by atoms with Crippen LogP contribution in [0.4, 0.5) is 4.39 Å². The van der Waals surface area contributed by atoms with Crippen molar-refractivity contribution < 1.29 is 14.0 Å². The molecular weight excluding hydrogens is 467 g/mol. The molecule has 2 atom stereocenters. The van der Waals surface area contributed by atoms with Crippen LogP contribution in [-0.2, 0) is 9.59 Å².